The Hall–Kier alpha value is -0.760. The fourth-order valence-corrected chi connectivity index (χ4v) is 1.69. The van der Waals surface area contributed by atoms with Gasteiger partial charge in [-0.25, -0.2) is 0 Å². The second-order valence-electron chi connectivity index (χ2n) is 3.88. The lowest BCUT2D eigenvalue weighted by Crippen LogP contribution is -2.26. The van der Waals surface area contributed by atoms with E-state index in [9.17, 15) is 13.2 Å². The predicted octanol–water partition coefficient (Wildman–Crippen LogP) is 2.79. The molecule has 1 fully saturated rings. The van der Waals surface area contributed by atoms with Crippen LogP contribution in [-0.2, 0) is 4.74 Å². The number of hydrogen-bond donors (Lipinski definition) is 0. The van der Waals surface area contributed by atoms with E-state index in [0.717, 1.165) is 0 Å². The SMILES string of the molecule is CC1(CC#N)CCC(CC(F)(F)F)O1. The summed E-state index contributed by atoms with van der Waals surface area (Å²) in [6.07, 6.45) is -4.79. The maximum atomic E-state index is 12.0. The lowest BCUT2D eigenvalue weighted by Gasteiger charge is -2.22. The summed E-state index contributed by atoms with van der Waals surface area (Å²) in [6, 6.07) is 1.93. The summed E-state index contributed by atoms with van der Waals surface area (Å²) in [5.74, 6) is 0. The van der Waals surface area contributed by atoms with Gasteiger partial charge in [0.15, 0.2) is 0 Å². The number of hydrogen-bond acceptors (Lipinski definition) is 2. The van der Waals surface area contributed by atoms with Crippen molar-refractivity contribution in [2.45, 2.75) is 50.5 Å². The van der Waals surface area contributed by atoms with E-state index < -0.39 is 24.3 Å². The molecule has 0 bridgehead atoms. The lowest BCUT2D eigenvalue weighted by atomic mass is 9.99. The van der Waals surface area contributed by atoms with E-state index in [1.165, 1.54) is 0 Å². The molecule has 0 aromatic carbocycles. The van der Waals surface area contributed by atoms with E-state index in [2.05, 4.69) is 0 Å². The number of nitriles is 1. The van der Waals surface area contributed by atoms with Crippen molar-refractivity contribution in [3.63, 3.8) is 0 Å². The van der Waals surface area contributed by atoms with E-state index in [0.29, 0.717) is 12.8 Å². The number of halogens is 3. The van der Waals surface area contributed by atoms with Gasteiger partial charge in [0.1, 0.15) is 0 Å². The van der Waals surface area contributed by atoms with Crippen LogP contribution in [0.15, 0.2) is 0 Å². The van der Waals surface area contributed by atoms with Crippen molar-refractivity contribution in [2.24, 2.45) is 0 Å². The molecule has 0 spiro atoms. The molecule has 2 atom stereocenters. The third-order valence-electron chi connectivity index (χ3n) is 2.36. The van der Waals surface area contributed by atoms with Crippen molar-refractivity contribution in [1.82, 2.24) is 0 Å². The fourth-order valence-electron chi connectivity index (χ4n) is 1.69. The minimum atomic E-state index is -4.18. The van der Waals surface area contributed by atoms with Crippen LogP contribution in [0.2, 0.25) is 0 Å². The first-order valence-electron chi connectivity index (χ1n) is 4.46. The van der Waals surface area contributed by atoms with Gasteiger partial charge in [-0.05, 0) is 19.8 Å². The van der Waals surface area contributed by atoms with Crippen LogP contribution in [0.25, 0.3) is 0 Å². The van der Waals surface area contributed by atoms with Gasteiger partial charge in [-0.1, -0.05) is 0 Å². The number of alkyl halides is 3. The molecule has 2 unspecified atom stereocenters. The summed E-state index contributed by atoms with van der Waals surface area (Å²) in [7, 11) is 0. The molecule has 0 amide bonds. The standard InChI is InChI=1S/C9H12F3NO/c1-8(4-5-13)3-2-7(14-8)6-9(10,11)12/h7H,2-4,6H2,1H3. The van der Waals surface area contributed by atoms with Crippen LogP contribution in [0.3, 0.4) is 0 Å². The zero-order valence-corrected chi connectivity index (χ0v) is 7.90. The summed E-state index contributed by atoms with van der Waals surface area (Å²) in [4.78, 5) is 0. The smallest absolute Gasteiger partial charge is 0.371 e. The summed E-state index contributed by atoms with van der Waals surface area (Å²) in [5.41, 5.74) is -0.676. The molecule has 1 aliphatic rings. The average molecular weight is 207 g/mol. The second-order valence-corrected chi connectivity index (χ2v) is 3.88. The first-order valence-corrected chi connectivity index (χ1v) is 4.46. The number of nitrogens with zero attached hydrogens (tertiary/aromatic N) is 1. The quantitative estimate of drug-likeness (QED) is 0.697. The third-order valence-corrected chi connectivity index (χ3v) is 2.36. The Labute approximate surface area is 80.7 Å². The van der Waals surface area contributed by atoms with E-state index in [-0.39, 0.29) is 6.42 Å². The highest BCUT2D eigenvalue weighted by Gasteiger charge is 2.41. The van der Waals surface area contributed by atoms with Crippen LogP contribution in [0, 0.1) is 11.3 Å². The van der Waals surface area contributed by atoms with Crippen molar-refractivity contribution in [1.29, 1.82) is 5.26 Å². The zero-order valence-electron chi connectivity index (χ0n) is 7.90. The van der Waals surface area contributed by atoms with Crippen molar-refractivity contribution < 1.29 is 17.9 Å². The molecular weight excluding hydrogens is 195 g/mol. The summed E-state index contributed by atoms with van der Waals surface area (Å²) in [6.45, 7) is 1.69. The van der Waals surface area contributed by atoms with Crippen LogP contribution >= 0.6 is 0 Å². The van der Waals surface area contributed by atoms with Gasteiger partial charge in [0.2, 0.25) is 0 Å². The minimum absolute atomic E-state index is 0.154. The molecule has 0 radical (unpaired) electrons. The highest BCUT2D eigenvalue weighted by atomic mass is 19.4. The molecule has 5 heteroatoms. The molecular formula is C9H12F3NO. The maximum absolute atomic E-state index is 12.0. The first kappa shape index (κ1) is 11.3. The summed E-state index contributed by atoms with van der Waals surface area (Å²) >= 11 is 0. The van der Waals surface area contributed by atoms with Gasteiger partial charge in [0.05, 0.1) is 30.6 Å². The van der Waals surface area contributed by atoms with Crippen LogP contribution in [-0.4, -0.2) is 17.9 Å². The van der Waals surface area contributed by atoms with Gasteiger partial charge in [0, 0.05) is 0 Å². The predicted molar refractivity (Wildman–Crippen MR) is 43.4 cm³/mol. The summed E-state index contributed by atoms with van der Waals surface area (Å²) < 4.78 is 41.2. The highest BCUT2D eigenvalue weighted by Crippen LogP contribution is 2.37. The number of ether oxygens (including phenoxy) is 1. The van der Waals surface area contributed by atoms with Crippen LogP contribution in [0.1, 0.15) is 32.6 Å². The molecule has 1 aliphatic heterocycles. The first-order chi connectivity index (χ1) is 6.35. The van der Waals surface area contributed by atoms with Crippen molar-refractivity contribution >= 4 is 0 Å². The molecule has 1 rings (SSSR count). The van der Waals surface area contributed by atoms with E-state index >= 15 is 0 Å². The van der Waals surface area contributed by atoms with Crippen LogP contribution in [0.5, 0.6) is 0 Å². The molecule has 1 heterocycles. The van der Waals surface area contributed by atoms with Gasteiger partial charge in [-0.15, -0.1) is 0 Å². The normalized spacial score (nSPS) is 32.9. The number of rotatable bonds is 2. The topological polar surface area (TPSA) is 33.0 Å². The van der Waals surface area contributed by atoms with Crippen molar-refractivity contribution in [3.8, 4) is 6.07 Å². The van der Waals surface area contributed by atoms with Crippen molar-refractivity contribution in [3.05, 3.63) is 0 Å². The molecule has 0 aromatic rings. The van der Waals surface area contributed by atoms with Crippen LogP contribution < -0.4 is 0 Å². The Morgan fingerprint density at radius 1 is 1.57 bits per heavy atom. The Balaban J connectivity index is 2.46. The molecule has 0 saturated carbocycles. The molecule has 0 aromatic heterocycles. The van der Waals surface area contributed by atoms with E-state index in [4.69, 9.17) is 10.00 Å². The molecule has 0 aliphatic carbocycles. The van der Waals surface area contributed by atoms with Crippen molar-refractivity contribution in [2.75, 3.05) is 0 Å². The largest absolute Gasteiger partial charge is 0.391 e. The van der Waals surface area contributed by atoms with Gasteiger partial charge in [-0.2, -0.15) is 18.4 Å². The third kappa shape index (κ3) is 3.18. The van der Waals surface area contributed by atoms with E-state index in [1.807, 2.05) is 6.07 Å². The Morgan fingerprint density at radius 2 is 2.21 bits per heavy atom. The molecule has 80 valence electrons. The van der Waals surface area contributed by atoms with Gasteiger partial charge >= 0.3 is 6.18 Å². The lowest BCUT2D eigenvalue weighted by molar-refractivity contribution is -0.165. The average Bonchev–Trinajstić information content (AvgIpc) is 2.29. The van der Waals surface area contributed by atoms with Gasteiger partial charge < -0.3 is 4.74 Å². The highest BCUT2D eigenvalue weighted by molar-refractivity contribution is 4.92. The molecule has 2 nitrogen and oxygen atoms in total. The van der Waals surface area contributed by atoms with E-state index in [1.54, 1.807) is 6.92 Å². The molecule has 0 N–H and O–H groups in total. The Bertz CT molecular complexity index is 245. The zero-order chi connectivity index (χ0) is 10.8. The molecule has 1 saturated heterocycles. The maximum Gasteiger partial charge on any atom is 0.391 e. The van der Waals surface area contributed by atoms with Crippen LogP contribution in [0.4, 0.5) is 13.2 Å². The van der Waals surface area contributed by atoms with Gasteiger partial charge in [-0.3, -0.25) is 0 Å². The van der Waals surface area contributed by atoms with Gasteiger partial charge in [0.25, 0.3) is 0 Å². The summed E-state index contributed by atoms with van der Waals surface area (Å²) in [5, 5.41) is 8.46. The molecule has 14 heavy (non-hydrogen) atoms. The minimum Gasteiger partial charge on any atom is -0.371 e. The second kappa shape index (κ2) is 3.77. The fraction of sp³-hybridized carbons (Fsp3) is 0.889. The Morgan fingerprint density at radius 3 is 2.71 bits per heavy atom. The Kier molecular flexibility index (Phi) is 3.05. The monoisotopic (exact) mass is 207 g/mol.